The minimum absolute atomic E-state index is 0.114. The molecule has 0 aliphatic rings. The fourth-order valence-corrected chi connectivity index (χ4v) is 3.37. The first-order valence-electron chi connectivity index (χ1n) is 8.70. The lowest BCUT2D eigenvalue weighted by atomic mass is 9.99. The Morgan fingerprint density at radius 2 is 1.30 bits per heavy atom. The second-order valence-corrected chi connectivity index (χ2v) is 6.61. The van der Waals surface area contributed by atoms with Crippen LogP contribution in [0.1, 0.15) is 5.56 Å². The van der Waals surface area contributed by atoms with Crippen LogP contribution < -0.4 is 0 Å². The van der Waals surface area contributed by atoms with Crippen LogP contribution in [0.3, 0.4) is 0 Å². The van der Waals surface area contributed by atoms with Gasteiger partial charge in [-0.3, -0.25) is 4.79 Å². The first kappa shape index (κ1) is 17.3. The SMILES string of the molecule is O=C(Cl)Cc1c(-c2ccccc2)nn(-c2ccccc2)c1-c1ccccc1. The number of halogens is 1. The van der Waals surface area contributed by atoms with Crippen molar-refractivity contribution in [3.05, 3.63) is 96.6 Å². The molecule has 1 heterocycles. The molecule has 0 saturated carbocycles. The molecule has 3 nitrogen and oxygen atoms in total. The van der Waals surface area contributed by atoms with Gasteiger partial charge in [0.1, 0.15) is 0 Å². The van der Waals surface area contributed by atoms with E-state index in [4.69, 9.17) is 16.7 Å². The fourth-order valence-electron chi connectivity index (χ4n) is 3.23. The molecule has 0 spiro atoms. The van der Waals surface area contributed by atoms with E-state index < -0.39 is 5.24 Å². The third kappa shape index (κ3) is 3.55. The molecule has 0 unspecified atom stereocenters. The molecule has 3 aromatic carbocycles. The van der Waals surface area contributed by atoms with Crippen LogP contribution in [0, 0.1) is 0 Å². The van der Waals surface area contributed by atoms with Crippen molar-refractivity contribution in [3.8, 4) is 28.2 Å². The average Bonchev–Trinajstić information content (AvgIpc) is 3.08. The Labute approximate surface area is 162 Å². The van der Waals surface area contributed by atoms with Gasteiger partial charge in [-0.1, -0.05) is 78.9 Å². The van der Waals surface area contributed by atoms with Crippen LogP contribution in [-0.2, 0) is 11.2 Å². The molecule has 1 aromatic heterocycles. The Hall–Kier alpha value is -3.17. The summed E-state index contributed by atoms with van der Waals surface area (Å²) < 4.78 is 1.90. The summed E-state index contributed by atoms with van der Waals surface area (Å²) in [6.07, 6.45) is 0.114. The van der Waals surface area contributed by atoms with Crippen molar-refractivity contribution in [2.24, 2.45) is 0 Å². The lowest BCUT2D eigenvalue weighted by Gasteiger charge is -2.09. The van der Waals surface area contributed by atoms with E-state index in [0.29, 0.717) is 0 Å². The van der Waals surface area contributed by atoms with Crippen LogP contribution in [-0.4, -0.2) is 15.0 Å². The van der Waals surface area contributed by atoms with E-state index in [9.17, 15) is 4.79 Å². The third-order valence-corrected chi connectivity index (χ3v) is 4.53. The van der Waals surface area contributed by atoms with Gasteiger partial charge in [0.25, 0.3) is 0 Å². The zero-order valence-electron chi connectivity index (χ0n) is 14.5. The predicted molar refractivity (Wildman–Crippen MR) is 109 cm³/mol. The Bertz CT molecular complexity index is 1060. The summed E-state index contributed by atoms with van der Waals surface area (Å²) >= 11 is 5.81. The van der Waals surface area contributed by atoms with Gasteiger partial charge in [0, 0.05) is 16.7 Å². The Morgan fingerprint density at radius 1 is 0.778 bits per heavy atom. The third-order valence-electron chi connectivity index (χ3n) is 4.39. The van der Waals surface area contributed by atoms with E-state index in [-0.39, 0.29) is 6.42 Å². The summed E-state index contributed by atoms with van der Waals surface area (Å²) in [5.74, 6) is 0. The van der Waals surface area contributed by atoms with Crippen molar-refractivity contribution in [2.45, 2.75) is 6.42 Å². The quantitative estimate of drug-likeness (QED) is 0.433. The first-order valence-corrected chi connectivity index (χ1v) is 9.08. The zero-order chi connectivity index (χ0) is 18.6. The molecule has 0 atom stereocenters. The number of hydrogen-bond donors (Lipinski definition) is 0. The lowest BCUT2D eigenvalue weighted by Crippen LogP contribution is -2.01. The smallest absolute Gasteiger partial charge is 0.226 e. The summed E-state index contributed by atoms with van der Waals surface area (Å²) in [5.41, 5.74) is 5.36. The Balaban J connectivity index is 2.04. The maximum absolute atomic E-state index is 11.9. The normalized spacial score (nSPS) is 10.7. The monoisotopic (exact) mass is 372 g/mol. The van der Waals surface area contributed by atoms with Gasteiger partial charge in [-0.2, -0.15) is 5.10 Å². The van der Waals surface area contributed by atoms with Crippen molar-refractivity contribution in [1.29, 1.82) is 0 Å². The van der Waals surface area contributed by atoms with Crippen molar-refractivity contribution < 1.29 is 4.79 Å². The molecule has 0 radical (unpaired) electrons. The number of carbonyl (C=O) groups is 1. The van der Waals surface area contributed by atoms with E-state index in [1.165, 1.54) is 0 Å². The average molecular weight is 373 g/mol. The molecule has 27 heavy (non-hydrogen) atoms. The molecule has 0 amide bonds. The summed E-state index contributed by atoms with van der Waals surface area (Å²) in [6.45, 7) is 0. The van der Waals surface area contributed by atoms with E-state index >= 15 is 0 Å². The van der Waals surface area contributed by atoms with Crippen molar-refractivity contribution in [3.63, 3.8) is 0 Å². The number of carbonyl (C=O) groups excluding carboxylic acids is 1. The van der Waals surface area contributed by atoms with Crippen molar-refractivity contribution in [1.82, 2.24) is 9.78 Å². The van der Waals surface area contributed by atoms with E-state index in [2.05, 4.69) is 0 Å². The molecule has 4 aromatic rings. The number of rotatable bonds is 5. The largest absolute Gasteiger partial charge is 0.281 e. The summed E-state index contributed by atoms with van der Waals surface area (Å²) in [7, 11) is 0. The van der Waals surface area contributed by atoms with Gasteiger partial charge in [0.15, 0.2) is 0 Å². The summed E-state index contributed by atoms with van der Waals surface area (Å²) in [4.78, 5) is 11.9. The molecule has 0 saturated heterocycles. The second kappa shape index (κ2) is 7.60. The standard InChI is InChI=1S/C23H17ClN2O/c24-21(27)16-20-22(17-10-4-1-5-11-17)25-26(19-14-8-3-9-15-19)23(20)18-12-6-2-7-13-18/h1-15H,16H2. The zero-order valence-corrected chi connectivity index (χ0v) is 15.3. The number of benzene rings is 3. The van der Waals surface area contributed by atoms with E-state index in [1.807, 2.05) is 95.7 Å². The maximum atomic E-state index is 11.9. The Kier molecular flexibility index (Phi) is 4.86. The van der Waals surface area contributed by atoms with Crippen LogP contribution in [0.2, 0.25) is 0 Å². The topological polar surface area (TPSA) is 34.9 Å². The first-order chi connectivity index (χ1) is 13.2. The molecular formula is C23H17ClN2O. The number of nitrogens with zero attached hydrogens (tertiary/aromatic N) is 2. The van der Waals surface area contributed by atoms with Gasteiger partial charge in [0.2, 0.25) is 5.24 Å². The molecule has 0 bridgehead atoms. The van der Waals surface area contributed by atoms with Crippen molar-refractivity contribution in [2.75, 3.05) is 0 Å². The Morgan fingerprint density at radius 3 is 1.85 bits per heavy atom. The highest BCUT2D eigenvalue weighted by molar-refractivity contribution is 6.63. The van der Waals surface area contributed by atoms with Crippen LogP contribution >= 0.6 is 11.6 Å². The minimum Gasteiger partial charge on any atom is -0.281 e. The molecule has 132 valence electrons. The van der Waals surface area contributed by atoms with Gasteiger partial charge in [-0.15, -0.1) is 0 Å². The molecule has 0 aliphatic heterocycles. The van der Waals surface area contributed by atoms with Gasteiger partial charge in [0.05, 0.1) is 23.5 Å². The maximum Gasteiger partial charge on any atom is 0.226 e. The van der Waals surface area contributed by atoms with Crippen LogP contribution in [0.5, 0.6) is 0 Å². The lowest BCUT2D eigenvalue weighted by molar-refractivity contribution is -0.111. The molecule has 0 aliphatic carbocycles. The van der Waals surface area contributed by atoms with Gasteiger partial charge < -0.3 is 0 Å². The fraction of sp³-hybridized carbons (Fsp3) is 0.0435. The van der Waals surface area contributed by atoms with Crippen molar-refractivity contribution >= 4 is 16.8 Å². The van der Waals surface area contributed by atoms with Crippen LogP contribution in [0.4, 0.5) is 0 Å². The highest BCUT2D eigenvalue weighted by Gasteiger charge is 2.22. The van der Waals surface area contributed by atoms with E-state index in [1.54, 1.807) is 0 Å². The van der Waals surface area contributed by atoms with Gasteiger partial charge in [-0.25, -0.2) is 4.68 Å². The number of para-hydroxylation sites is 1. The summed E-state index contributed by atoms with van der Waals surface area (Å²) in [6, 6.07) is 29.8. The molecule has 4 rings (SSSR count). The molecular weight excluding hydrogens is 356 g/mol. The molecule has 0 fully saturated rings. The van der Waals surface area contributed by atoms with E-state index in [0.717, 1.165) is 33.8 Å². The van der Waals surface area contributed by atoms with Crippen LogP contribution in [0.15, 0.2) is 91.0 Å². The number of aromatic nitrogens is 2. The molecule has 4 heteroatoms. The predicted octanol–water partition coefficient (Wildman–Crippen LogP) is 5.51. The second-order valence-electron chi connectivity index (χ2n) is 6.19. The van der Waals surface area contributed by atoms with Crippen LogP contribution in [0.25, 0.3) is 28.2 Å². The highest BCUT2D eigenvalue weighted by Crippen LogP contribution is 2.35. The highest BCUT2D eigenvalue weighted by atomic mass is 35.5. The number of hydrogen-bond acceptors (Lipinski definition) is 2. The van der Waals surface area contributed by atoms with Gasteiger partial charge in [-0.05, 0) is 23.7 Å². The minimum atomic E-state index is -0.406. The molecule has 0 N–H and O–H groups in total. The summed E-state index contributed by atoms with van der Waals surface area (Å²) in [5, 5.41) is 4.48. The van der Waals surface area contributed by atoms with Gasteiger partial charge >= 0.3 is 0 Å².